The molecule has 2 aromatic rings. The van der Waals surface area contributed by atoms with Crippen LogP contribution in [0.25, 0.3) is 0 Å². The van der Waals surface area contributed by atoms with Gasteiger partial charge in [-0.15, -0.1) is 0 Å². The van der Waals surface area contributed by atoms with E-state index in [1.54, 1.807) is 30.5 Å². The molecule has 0 amide bonds. The van der Waals surface area contributed by atoms with Crippen molar-refractivity contribution in [2.45, 2.75) is 6.92 Å². The Morgan fingerprint density at radius 2 is 2.00 bits per heavy atom. The number of aryl methyl sites for hydroxylation is 1. The first-order valence-corrected chi connectivity index (χ1v) is 5.78. The van der Waals surface area contributed by atoms with Gasteiger partial charge in [-0.25, -0.2) is 4.98 Å². The molecule has 4 heteroatoms. The third kappa shape index (κ3) is 2.83. The number of hydrogen-bond donors (Lipinski definition) is 0. The van der Waals surface area contributed by atoms with Crippen molar-refractivity contribution in [1.29, 1.82) is 5.26 Å². The van der Waals surface area contributed by atoms with Crippen LogP contribution in [0.4, 0.5) is 0 Å². The summed E-state index contributed by atoms with van der Waals surface area (Å²) < 4.78 is 6.52. The molecule has 1 aromatic heterocycles. The molecule has 0 aliphatic rings. The minimum Gasteiger partial charge on any atom is -0.439 e. The van der Waals surface area contributed by atoms with Crippen LogP contribution in [0.1, 0.15) is 11.1 Å². The fraction of sp³-hybridized carbons (Fsp3) is 0.0769. The van der Waals surface area contributed by atoms with Crippen LogP contribution in [-0.2, 0) is 0 Å². The summed E-state index contributed by atoms with van der Waals surface area (Å²) in [5.74, 6) is 1.20. The molecule has 0 radical (unpaired) electrons. The molecule has 0 spiro atoms. The van der Waals surface area contributed by atoms with E-state index in [1.165, 1.54) is 0 Å². The number of ether oxygens (including phenoxy) is 1. The second-order valence-corrected chi connectivity index (χ2v) is 4.36. The van der Waals surface area contributed by atoms with Crippen molar-refractivity contribution in [2.75, 3.05) is 0 Å². The molecule has 0 atom stereocenters. The average Bonchev–Trinajstić information content (AvgIpc) is 2.35. The molecule has 2 rings (SSSR count). The molecule has 17 heavy (non-hydrogen) atoms. The third-order valence-corrected chi connectivity index (χ3v) is 3.06. The minimum absolute atomic E-state index is 0.537. The van der Waals surface area contributed by atoms with Gasteiger partial charge in [0.2, 0.25) is 5.88 Å². The zero-order chi connectivity index (χ0) is 12.3. The fourth-order valence-electron chi connectivity index (χ4n) is 1.29. The SMILES string of the molecule is Cc1cc(Oc2ccc(C#N)cc2)ncc1Br. The monoisotopic (exact) mass is 288 g/mol. The highest BCUT2D eigenvalue weighted by Crippen LogP contribution is 2.23. The van der Waals surface area contributed by atoms with Crippen LogP contribution in [0.3, 0.4) is 0 Å². The van der Waals surface area contributed by atoms with Crippen molar-refractivity contribution in [3.8, 4) is 17.7 Å². The molecule has 0 unspecified atom stereocenters. The van der Waals surface area contributed by atoms with E-state index in [9.17, 15) is 0 Å². The Morgan fingerprint density at radius 1 is 1.29 bits per heavy atom. The van der Waals surface area contributed by atoms with Gasteiger partial charge in [0.15, 0.2) is 0 Å². The van der Waals surface area contributed by atoms with Crippen LogP contribution in [0.2, 0.25) is 0 Å². The zero-order valence-electron chi connectivity index (χ0n) is 9.14. The normalized spacial score (nSPS) is 9.71. The van der Waals surface area contributed by atoms with Crippen LogP contribution in [-0.4, -0.2) is 4.98 Å². The number of aromatic nitrogens is 1. The summed E-state index contributed by atoms with van der Waals surface area (Å²) in [7, 11) is 0. The van der Waals surface area contributed by atoms with Crippen LogP contribution < -0.4 is 4.74 Å². The summed E-state index contributed by atoms with van der Waals surface area (Å²) in [5, 5.41) is 8.68. The van der Waals surface area contributed by atoms with Crippen molar-refractivity contribution >= 4 is 15.9 Å². The van der Waals surface area contributed by atoms with Gasteiger partial charge in [0, 0.05) is 16.7 Å². The lowest BCUT2D eigenvalue weighted by Gasteiger charge is -2.05. The first kappa shape index (κ1) is 11.6. The first-order chi connectivity index (χ1) is 8.19. The Hall–Kier alpha value is -1.86. The smallest absolute Gasteiger partial charge is 0.219 e. The summed E-state index contributed by atoms with van der Waals surface area (Å²) in [5.41, 5.74) is 1.67. The van der Waals surface area contributed by atoms with Gasteiger partial charge in [-0.2, -0.15) is 5.26 Å². The molecule has 0 N–H and O–H groups in total. The standard InChI is InChI=1S/C13H9BrN2O/c1-9-6-13(16-8-12(9)14)17-11-4-2-10(7-15)3-5-11/h2-6,8H,1H3. The highest BCUT2D eigenvalue weighted by molar-refractivity contribution is 9.10. The largest absolute Gasteiger partial charge is 0.439 e. The third-order valence-electron chi connectivity index (χ3n) is 2.23. The number of halogens is 1. The Labute approximate surface area is 108 Å². The molecule has 84 valence electrons. The van der Waals surface area contributed by atoms with Crippen LogP contribution in [0, 0.1) is 18.3 Å². The number of nitriles is 1. The van der Waals surface area contributed by atoms with E-state index in [0.29, 0.717) is 17.2 Å². The Balaban J connectivity index is 2.20. The highest BCUT2D eigenvalue weighted by Gasteiger charge is 2.01. The van der Waals surface area contributed by atoms with Gasteiger partial charge in [0.25, 0.3) is 0 Å². The van der Waals surface area contributed by atoms with Crippen LogP contribution >= 0.6 is 15.9 Å². The number of benzene rings is 1. The maximum atomic E-state index is 8.68. The van der Waals surface area contributed by atoms with Gasteiger partial charge >= 0.3 is 0 Å². The molecule has 0 bridgehead atoms. The molecular formula is C13H9BrN2O. The van der Waals surface area contributed by atoms with Gasteiger partial charge in [-0.05, 0) is 52.7 Å². The predicted molar refractivity (Wildman–Crippen MR) is 67.9 cm³/mol. The summed E-state index contributed by atoms with van der Waals surface area (Å²) in [4.78, 5) is 4.14. The molecule has 1 aromatic carbocycles. The first-order valence-electron chi connectivity index (χ1n) is 4.99. The van der Waals surface area contributed by atoms with Gasteiger partial charge in [0.05, 0.1) is 11.6 Å². The molecule has 0 fully saturated rings. The maximum Gasteiger partial charge on any atom is 0.219 e. The van der Waals surface area contributed by atoms with Crippen LogP contribution in [0.5, 0.6) is 11.6 Å². The molecule has 0 saturated carbocycles. The van der Waals surface area contributed by atoms with E-state index in [-0.39, 0.29) is 0 Å². The van der Waals surface area contributed by atoms with E-state index >= 15 is 0 Å². The van der Waals surface area contributed by atoms with Crippen molar-refractivity contribution in [2.24, 2.45) is 0 Å². The Kier molecular flexibility index (Phi) is 3.40. The number of rotatable bonds is 2. The van der Waals surface area contributed by atoms with E-state index in [0.717, 1.165) is 10.0 Å². The van der Waals surface area contributed by atoms with Gasteiger partial charge < -0.3 is 4.74 Å². The molecule has 3 nitrogen and oxygen atoms in total. The van der Waals surface area contributed by atoms with E-state index in [1.807, 2.05) is 13.0 Å². The predicted octanol–water partition coefficient (Wildman–Crippen LogP) is 3.82. The molecule has 0 aliphatic carbocycles. The summed E-state index contributed by atoms with van der Waals surface area (Å²) in [6.45, 7) is 1.97. The van der Waals surface area contributed by atoms with Crippen LogP contribution in [0.15, 0.2) is 41.0 Å². The molecule has 1 heterocycles. The number of pyridine rings is 1. The molecular weight excluding hydrogens is 280 g/mol. The minimum atomic E-state index is 0.537. The van der Waals surface area contributed by atoms with E-state index in [2.05, 4.69) is 27.0 Å². The summed E-state index contributed by atoms with van der Waals surface area (Å²) in [6.07, 6.45) is 1.70. The maximum absolute atomic E-state index is 8.68. The van der Waals surface area contributed by atoms with Gasteiger partial charge in [-0.3, -0.25) is 0 Å². The van der Waals surface area contributed by atoms with E-state index < -0.39 is 0 Å². The number of nitrogens with zero attached hydrogens (tertiary/aromatic N) is 2. The zero-order valence-corrected chi connectivity index (χ0v) is 10.7. The van der Waals surface area contributed by atoms with Crippen molar-refractivity contribution in [3.05, 3.63) is 52.1 Å². The Bertz CT molecular complexity index is 573. The topological polar surface area (TPSA) is 45.9 Å². The van der Waals surface area contributed by atoms with Gasteiger partial charge in [-0.1, -0.05) is 0 Å². The fourth-order valence-corrected chi connectivity index (χ4v) is 1.50. The van der Waals surface area contributed by atoms with Crippen molar-refractivity contribution in [1.82, 2.24) is 4.98 Å². The Morgan fingerprint density at radius 3 is 2.59 bits per heavy atom. The summed E-state index contributed by atoms with van der Waals surface area (Å²) in [6, 6.07) is 10.8. The molecule has 0 saturated heterocycles. The second-order valence-electron chi connectivity index (χ2n) is 3.51. The van der Waals surface area contributed by atoms with Crippen molar-refractivity contribution in [3.63, 3.8) is 0 Å². The van der Waals surface area contributed by atoms with Crippen molar-refractivity contribution < 1.29 is 4.74 Å². The lowest BCUT2D eigenvalue weighted by molar-refractivity contribution is 0.462. The highest BCUT2D eigenvalue weighted by atomic mass is 79.9. The summed E-state index contributed by atoms with van der Waals surface area (Å²) >= 11 is 3.38. The van der Waals surface area contributed by atoms with Gasteiger partial charge in [0.1, 0.15) is 5.75 Å². The molecule has 0 aliphatic heterocycles. The lowest BCUT2D eigenvalue weighted by atomic mass is 10.2. The quantitative estimate of drug-likeness (QED) is 0.844. The lowest BCUT2D eigenvalue weighted by Crippen LogP contribution is -1.89. The van der Waals surface area contributed by atoms with E-state index in [4.69, 9.17) is 10.00 Å². The second kappa shape index (κ2) is 4.98. The number of hydrogen-bond acceptors (Lipinski definition) is 3. The average molecular weight is 289 g/mol.